The van der Waals surface area contributed by atoms with E-state index in [2.05, 4.69) is 4.72 Å². The first-order valence-corrected chi connectivity index (χ1v) is 8.61. The molecular formula is C16H16N2O5S. The zero-order valence-corrected chi connectivity index (χ0v) is 14.0. The van der Waals surface area contributed by atoms with Crippen molar-refractivity contribution in [3.8, 4) is 5.75 Å². The van der Waals surface area contributed by atoms with Crippen LogP contribution in [-0.2, 0) is 23.6 Å². The Kier molecular flexibility index (Phi) is 4.16. The number of hydrogen-bond acceptors (Lipinski definition) is 5. The van der Waals surface area contributed by atoms with E-state index in [0.717, 1.165) is 5.56 Å². The van der Waals surface area contributed by atoms with E-state index in [0.29, 0.717) is 16.8 Å². The van der Waals surface area contributed by atoms with Gasteiger partial charge in [-0.05, 0) is 35.9 Å². The number of aromatic nitrogens is 1. The second kappa shape index (κ2) is 6.14. The topological polar surface area (TPSA) is 90.5 Å². The van der Waals surface area contributed by atoms with Crippen LogP contribution >= 0.6 is 0 Å². The van der Waals surface area contributed by atoms with Crippen LogP contribution in [0.5, 0.6) is 5.75 Å². The molecule has 0 bridgehead atoms. The van der Waals surface area contributed by atoms with E-state index in [1.165, 1.54) is 29.8 Å². The van der Waals surface area contributed by atoms with Crippen LogP contribution in [-0.4, -0.2) is 20.1 Å². The summed E-state index contributed by atoms with van der Waals surface area (Å²) < 4.78 is 38.8. The third-order valence-electron chi connectivity index (χ3n) is 3.67. The number of hydrogen-bond donors (Lipinski definition) is 1. The maximum Gasteiger partial charge on any atom is 0.419 e. The molecule has 2 aromatic carbocycles. The van der Waals surface area contributed by atoms with Gasteiger partial charge in [0.25, 0.3) is 0 Å². The molecule has 0 aliphatic heterocycles. The summed E-state index contributed by atoms with van der Waals surface area (Å²) in [6, 6.07) is 11.4. The Morgan fingerprint density at radius 1 is 1.21 bits per heavy atom. The van der Waals surface area contributed by atoms with Gasteiger partial charge in [-0.2, -0.15) is 0 Å². The van der Waals surface area contributed by atoms with Gasteiger partial charge in [-0.3, -0.25) is 4.57 Å². The molecule has 1 N–H and O–H groups in total. The van der Waals surface area contributed by atoms with Crippen molar-refractivity contribution in [2.45, 2.75) is 11.4 Å². The molecule has 7 nitrogen and oxygen atoms in total. The van der Waals surface area contributed by atoms with Gasteiger partial charge in [-0.15, -0.1) is 0 Å². The maximum atomic E-state index is 12.5. The standard InChI is InChI=1S/C16H16N2O5S/c1-18-14-9-13(6-7-15(14)23-16(18)19)24(20,21)17-10-11-4-3-5-12(8-11)22-2/h3-9,17H,10H2,1-2H3. The van der Waals surface area contributed by atoms with Crippen molar-refractivity contribution < 1.29 is 17.6 Å². The summed E-state index contributed by atoms with van der Waals surface area (Å²) >= 11 is 0. The van der Waals surface area contributed by atoms with Crippen LogP contribution in [0.2, 0.25) is 0 Å². The SMILES string of the molecule is COc1cccc(CNS(=O)(=O)c2ccc3oc(=O)n(C)c3c2)c1. The molecule has 3 aromatic rings. The number of benzene rings is 2. The van der Waals surface area contributed by atoms with Gasteiger partial charge < -0.3 is 9.15 Å². The molecule has 0 unspecified atom stereocenters. The summed E-state index contributed by atoms with van der Waals surface area (Å²) in [4.78, 5) is 11.6. The summed E-state index contributed by atoms with van der Waals surface area (Å²) in [5.74, 6) is 0.116. The first-order chi connectivity index (χ1) is 11.4. The average Bonchev–Trinajstić information content (AvgIpc) is 2.87. The minimum absolute atomic E-state index is 0.0642. The molecule has 1 aromatic heterocycles. The summed E-state index contributed by atoms with van der Waals surface area (Å²) in [5, 5.41) is 0. The largest absolute Gasteiger partial charge is 0.497 e. The Hall–Kier alpha value is -2.58. The number of fused-ring (bicyclic) bond motifs is 1. The smallest absolute Gasteiger partial charge is 0.419 e. The van der Waals surface area contributed by atoms with Crippen molar-refractivity contribution >= 4 is 21.1 Å². The molecule has 0 fully saturated rings. The maximum absolute atomic E-state index is 12.5. The number of methoxy groups -OCH3 is 1. The Balaban J connectivity index is 1.87. The van der Waals surface area contributed by atoms with Crippen molar-refractivity contribution in [1.29, 1.82) is 0 Å². The number of ether oxygens (including phenoxy) is 1. The lowest BCUT2D eigenvalue weighted by atomic mass is 10.2. The number of sulfonamides is 1. The molecule has 24 heavy (non-hydrogen) atoms. The molecule has 8 heteroatoms. The average molecular weight is 348 g/mol. The van der Waals surface area contributed by atoms with Crippen molar-refractivity contribution in [3.05, 3.63) is 58.6 Å². The lowest BCUT2D eigenvalue weighted by molar-refractivity contribution is 0.414. The molecule has 1 heterocycles. The van der Waals surface area contributed by atoms with Crippen LogP contribution in [0.15, 0.2) is 56.6 Å². The molecule has 0 saturated heterocycles. The molecule has 0 radical (unpaired) electrons. The van der Waals surface area contributed by atoms with Gasteiger partial charge in [0.2, 0.25) is 10.0 Å². The first kappa shape index (κ1) is 16.3. The van der Waals surface area contributed by atoms with Crippen LogP contribution < -0.4 is 15.2 Å². The minimum Gasteiger partial charge on any atom is -0.497 e. The predicted octanol–water partition coefficient (Wildman–Crippen LogP) is 1.62. The Morgan fingerprint density at radius 3 is 2.75 bits per heavy atom. The minimum atomic E-state index is -3.72. The Bertz CT molecular complexity index is 1050. The highest BCUT2D eigenvalue weighted by molar-refractivity contribution is 7.89. The molecule has 0 spiro atoms. The third-order valence-corrected chi connectivity index (χ3v) is 5.07. The zero-order valence-electron chi connectivity index (χ0n) is 13.1. The molecule has 0 amide bonds. The molecular weight excluding hydrogens is 332 g/mol. The quantitative estimate of drug-likeness (QED) is 0.757. The van der Waals surface area contributed by atoms with Gasteiger partial charge in [-0.1, -0.05) is 12.1 Å². The highest BCUT2D eigenvalue weighted by Gasteiger charge is 2.16. The van der Waals surface area contributed by atoms with Gasteiger partial charge in [0, 0.05) is 13.6 Å². The molecule has 0 saturated carbocycles. The summed E-state index contributed by atoms with van der Waals surface area (Å²) in [6.45, 7) is 0.127. The van der Waals surface area contributed by atoms with E-state index >= 15 is 0 Å². The van der Waals surface area contributed by atoms with Gasteiger partial charge in [0.05, 0.1) is 17.5 Å². The van der Waals surface area contributed by atoms with E-state index < -0.39 is 15.8 Å². The van der Waals surface area contributed by atoms with Crippen LogP contribution in [0.1, 0.15) is 5.56 Å². The van der Waals surface area contributed by atoms with Crippen molar-refractivity contribution in [2.24, 2.45) is 7.05 Å². The second-order valence-corrected chi connectivity index (χ2v) is 7.00. The Morgan fingerprint density at radius 2 is 2.00 bits per heavy atom. The van der Waals surface area contributed by atoms with E-state index in [-0.39, 0.29) is 11.4 Å². The second-order valence-electron chi connectivity index (χ2n) is 5.23. The number of aryl methyl sites for hydroxylation is 1. The fraction of sp³-hybridized carbons (Fsp3) is 0.188. The van der Waals surface area contributed by atoms with E-state index in [1.807, 2.05) is 0 Å². The molecule has 3 rings (SSSR count). The van der Waals surface area contributed by atoms with E-state index in [4.69, 9.17) is 9.15 Å². The predicted molar refractivity (Wildman–Crippen MR) is 88.5 cm³/mol. The van der Waals surface area contributed by atoms with Crippen molar-refractivity contribution in [1.82, 2.24) is 9.29 Å². The van der Waals surface area contributed by atoms with Gasteiger partial charge in [0.15, 0.2) is 5.58 Å². The Labute approximate surface area is 138 Å². The summed E-state index contributed by atoms with van der Waals surface area (Å²) in [7, 11) is -0.654. The van der Waals surface area contributed by atoms with Crippen molar-refractivity contribution in [3.63, 3.8) is 0 Å². The molecule has 0 aliphatic rings. The fourth-order valence-electron chi connectivity index (χ4n) is 2.32. The normalized spacial score (nSPS) is 11.8. The number of nitrogens with zero attached hydrogens (tertiary/aromatic N) is 1. The molecule has 126 valence electrons. The zero-order chi connectivity index (χ0) is 17.3. The highest BCUT2D eigenvalue weighted by Crippen LogP contribution is 2.18. The molecule has 0 aliphatic carbocycles. The number of rotatable bonds is 5. The lowest BCUT2D eigenvalue weighted by Gasteiger charge is -2.08. The van der Waals surface area contributed by atoms with E-state index in [9.17, 15) is 13.2 Å². The summed E-state index contributed by atoms with van der Waals surface area (Å²) in [5.41, 5.74) is 1.54. The first-order valence-electron chi connectivity index (χ1n) is 7.13. The van der Waals surface area contributed by atoms with Gasteiger partial charge >= 0.3 is 5.76 Å². The van der Waals surface area contributed by atoms with E-state index in [1.54, 1.807) is 31.4 Å². The number of nitrogens with one attached hydrogen (secondary N) is 1. The van der Waals surface area contributed by atoms with Gasteiger partial charge in [0.1, 0.15) is 5.75 Å². The fourth-order valence-corrected chi connectivity index (χ4v) is 3.36. The monoisotopic (exact) mass is 348 g/mol. The van der Waals surface area contributed by atoms with Crippen LogP contribution in [0.25, 0.3) is 11.1 Å². The third kappa shape index (κ3) is 3.06. The van der Waals surface area contributed by atoms with Crippen LogP contribution in [0, 0.1) is 0 Å². The highest BCUT2D eigenvalue weighted by atomic mass is 32.2. The number of oxazole rings is 1. The molecule has 0 atom stereocenters. The summed E-state index contributed by atoms with van der Waals surface area (Å²) in [6.07, 6.45) is 0. The van der Waals surface area contributed by atoms with Crippen molar-refractivity contribution in [2.75, 3.05) is 7.11 Å². The van der Waals surface area contributed by atoms with Crippen LogP contribution in [0.3, 0.4) is 0 Å². The van der Waals surface area contributed by atoms with Gasteiger partial charge in [-0.25, -0.2) is 17.9 Å². The van der Waals surface area contributed by atoms with Crippen LogP contribution in [0.4, 0.5) is 0 Å². The lowest BCUT2D eigenvalue weighted by Crippen LogP contribution is -2.23.